The van der Waals surface area contributed by atoms with E-state index in [1.54, 1.807) is 4.90 Å². The van der Waals surface area contributed by atoms with Gasteiger partial charge in [-0.1, -0.05) is 25.1 Å². The third kappa shape index (κ3) is 2.26. The lowest BCUT2D eigenvalue weighted by molar-refractivity contribution is -0.122. The van der Waals surface area contributed by atoms with Crippen molar-refractivity contribution in [1.82, 2.24) is 10.2 Å². The summed E-state index contributed by atoms with van der Waals surface area (Å²) in [6.07, 6.45) is 2.56. The van der Waals surface area contributed by atoms with Crippen LogP contribution in [0.1, 0.15) is 31.7 Å². The van der Waals surface area contributed by atoms with Crippen LogP contribution in [-0.2, 0) is 10.2 Å². The summed E-state index contributed by atoms with van der Waals surface area (Å²) in [5, 5.41) is 5.87. The van der Waals surface area contributed by atoms with Crippen molar-refractivity contribution in [1.29, 1.82) is 0 Å². The minimum Gasteiger partial charge on any atom is -0.338 e. The van der Waals surface area contributed by atoms with E-state index in [1.807, 2.05) is 31.2 Å². The Morgan fingerprint density at radius 1 is 1.43 bits per heavy atom. The molecule has 0 saturated carbocycles. The van der Waals surface area contributed by atoms with Crippen molar-refractivity contribution in [2.45, 2.75) is 31.6 Å². The Morgan fingerprint density at radius 2 is 2.24 bits per heavy atom. The average Bonchev–Trinajstić information content (AvgIpc) is 2.77. The zero-order valence-electron chi connectivity index (χ0n) is 12.3. The molecule has 0 aromatic heterocycles. The van der Waals surface area contributed by atoms with Gasteiger partial charge in [-0.2, -0.15) is 0 Å². The number of rotatable bonds is 2. The van der Waals surface area contributed by atoms with Crippen LogP contribution in [0.5, 0.6) is 0 Å². The Kier molecular flexibility index (Phi) is 3.57. The van der Waals surface area contributed by atoms with E-state index in [9.17, 15) is 9.59 Å². The minimum atomic E-state index is -0.571. The standard InChI is InChI=1S/C16H21N3O2/c1-2-9-17-15(21)19-10-5-8-16(11-19)12-6-3-4-7-13(12)18-14(16)20/h3-4,6-7H,2,5,8-11H2,1H3,(H,17,21)(H,18,20)/t16-/m1/s1. The van der Waals surface area contributed by atoms with Crippen molar-refractivity contribution >= 4 is 17.6 Å². The number of nitrogens with one attached hydrogen (secondary N) is 2. The zero-order chi connectivity index (χ0) is 14.9. The highest BCUT2D eigenvalue weighted by Gasteiger charge is 2.49. The molecule has 0 aliphatic carbocycles. The second-order valence-electron chi connectivity index (χ2n) is 5.84. The van der Waals surface area contributed by atoms with Crippen molar-refractivity contribution in [3.63, 3.8) is 0 Å². The van der Waals surface area contributed by atoms with Crippen LogP contribution in [0.15, 0.2) is 24.3 Å². The van der Waals surface area contributed by atoms with Crippen molar-refractivity contribution in [3.05, 3.63) is 29.8 Å². The molecular formula is C16H21N3O2. The number of benzene rings is 1. The molecule has 112 valence electrons. The molecule has 5 heteroatoms. The molecule has 2 heterocycles. The summed E-state index contributed by atoms with van der Waals surface area (Å²) < 4.78 is 0. The van der Waals surface area contributed by atoms with Crippen molar-refractivity contribution in [3.8, 4) is 0 Å². The number of anilines is 1. The predicted molar refractivity (Wildman–Crippen MR) is 81.2 cm³/mol. The molecule has 3 rings (SSSR count). The number of urea groups is 1. The van der Waals surface area contributed by atoms with Gasteiger partial charge < -0.3 is 15.5 Å². The number of carbonyl (C=O) groups is 2. The van der Waals surface area contributed by atoms with Crippen LogP contribution >= 0.6 is 0 Å². The predicted octanol–water partition coefficient (Wildman–Crippen LogP) is 2.09. The normalized spacial score (nSPS) is 23.9. The smallest absolute Gasteiger partial charge is 0.317 e. The van der Waals surface area contributed by atoms with Crippen LogP contribution in [0.3, 0.4) is 0 Å². The van der Waals surface area contributed by atoms with Crippen LogP contribution in [0.4, 0.5) is 10.5 Å². The fraction of sp³-hybridized carbons (Fsp3) is 0.500. The Labute approximate surface area is 124 Å². The monoisotopic (exact) mass is 287 g/mol. The number of carbonyl (C=O) groups excluding carboxylic acids is 2. The zero-order valence-corrected chi connectivity index (χ0v) is 12.3. The number of para-hydroxylation sites is 1. The van der Waals surface area contributed by atoms with Gasteiger partial charge in [-0.25, -0.2) is 4.79 Å². The molecule has 21 heavy (non-hydrogen) atoms. The Hall–Kier alpha value is -2.04. The van der Waals surface area contributed by atoms with E-state index in [2.05, 4.69) is 10.6 Å². The van der Waals surface area contributed by atoms with Crippen LogP contribution in [-0.4, -0.2) is 36.5 Å². The van der Waals surface area contributed by atoms with Gasteiger partial charge in [0.25, 0.3) is 0 Å². The maximum atomic E-state index is 12.5. The van der Waals surface area contributed by atoms with Crippen LogP contribution < -0.4 is 10.6 Å². The van der Waals surface area contributed by atoms with Gasteiger partial charge in [-0.3, -0.25) is 4.79 Å². The van der Waals surface area contributed by atoms with Gasteiger partial charge in [0.15, 0.2) is 0 Å². The molecule has 5 nitrogen and oxygen atoms in total. The van der Waals surface area contributed by atoms with Crippen LogP contribution in [0.25, 0.3) is 0 Å². The maximum absolute atomic E-state index is 12.5. The lowest BCUT2D eigenvalue weighted by Gasteiger charge is -2.39. The van der Waals surface area contributed by atoms with E-state index in [4.69, 9.17) is 0 Å². The Balaban J connectivity index is 1.85. The van der Waals surface area contributed by atoms with Gasteiger partial charge in [0.1, 0.15) is 0 Å². The third-order valence-corrected chi connectivity index (χ3v) is 4.43. The first-order chi connectivity index (χ1) is 10.2. The summed E-state index contributed by atoms with van der Waals surface area (Å²) in [6, 6.07) is 7.75. The molecule has 3 amide bonds. The summed E-state index contributed by atoms with van der Waals surface area (Å²) in [7, 11) is 0. The quantitative estimate of drug-likeness (QED) is 0.875. The molecule has 0 bridgehead atoms. The molecule has 2 N–H and O–H groups in total. The topological polar surface area (TPSA) is 61.4 Å². The van der Waals surface area contributed by atoms with Gasteiger partial charge in [-0.15, -0.1) is 0 Å². The number of nitrogens with zero attached hydrogens (tertiary/aromatic N) is 1. The van der Waals surface area contributed by atoms with Crippen molar-refractivity contribution in [2.75, 3.05) is 25.0 Å². The van der Waals surface area contributed by atoms with Gasteiger partial charge in [0, 0.05) is 25.3 Å². The average molecular weight is 287 g/mol. The van der Waals surface area contributed by atoms with Gasteiger partial charge >= 0.3 is 6.03 Å². The highest BCUT2D eigenvalue weighted by Crippen LogP contribution is 2.43. The van der Waals surface area contributed by atoms with Crippen LogP contribution in [0, 0.1) is 0 Å². The maximum Gasteiger partial charge on any atom is 0.317 e. The third-order valence-electron chi connectivity index (χ3n) is 4.43. The van der Waals surface area contributed by atoms with E-state index in [0.29, 0.717) is 19.6 Å². The molecule has 1 aromatic rings. The minimum absolute atomic E-state index is 0.0247. The first-order valence-electron chi connectivity index (χ1n) is 7.61. The molecule has 2 aliphatic heterocycles. The van der Waals surface area contributed by atoms with E-state index >= 15 is 0 Å². The van der Waals surface area contributed by atoms with E-state index in [-0.39, 0.29) is 11.9 Å². The molecular weight excluding hydrogens is 266 g/mol. The number of likely N-dealkylation sites (tertiary alicyclic amines) is 1. The summed E-state index contributed by atoms with van der Waals surface area (Å²) in [5.41, 5.74) is 1.35. The molecule has 1 fully saturated rings. The number of piperidine rings is 1. The van der Waals surface area contributed by atoms with E-state index < -0.39 is 5.41 Å². The fourth-order valence-electron chi connectivity index (χ4n) is 3.35. The number of fused-ring (bicyclic) bond motifs is 2. The van der Waals surface area contributed by atoms with Crippen LogP contribution in [0.2, 0.25) is 0 Å². The SMILES string of the molecule is CCCNC(=O)N1CCC[C@]2(C1)C(=O)Nc1ccccc12. The fourth-order valence-corrected chi connectivity index (χ4v) is 3.35. The lowest BCUT2D eigenvalue weighted by atomic mass is 9.75. The highest BCUT2D eigenvalue weighted by atomic mass is 16.2. The Bertz CT molecular complexity index is 572. The molecule has 1 aromatic carbocycles. The molecule has 0 radical (unpaired) electrons. The van der Waals surface area contributed by atoms with Gasteiger partial charge in [-0.05, 0) is 30.9 Å². The second-order valence-corrected chi connectivity index (χ2v) is 5.84. The summed E-state index contributed by atoms with van der Waals surface area (Å²) >= 11 is 0. The Morgan fingerprint density at radius 3 is 3.05 bits per heavy atom. The summed E-state index contributed by atoms with van der Waals surface area (Å²) in [5.74, 6) is 0.0247. The number of hydrogen-bond acceptors (Lipinski definition) is 2. The first kappa shape index (κ1) is 13.9. The lowest BCUT2D eigenvalue weighted by Crippen LogP contribution is -2.54. The van der Waals surface area contributed by atoms with Gasteiger partial charge in [0.05, 0.1) is 5.41 Å². The van der Waals surface area contributed by atoms with Crippen molar-refractivity contribution < 1.29 is 9.59 Å². The largest absolute Gasteiger partial charge is 0.338 e. The molecule has 1 saturated heterocycles. The second kappa shape index (κ2) is 5.39. The summed E-state index contributed by atoms with van der Waals surface area (Å²) in [6.45, 7) is 3.88. The highest BCUT2D eigenvalue weighted by molar-refractivity contribution is 6.06. The van der Waals surface area contributed by atoms with Gasteiger partial charge in [0.2, 0.25) is 5.91 Å². The molecule has 1 atom stereocenters. The molecule has 1 spiro atoms. The first-order valence-corrected chi connectivity index (χ1v) is 7.61. The molecule has 2 aliphatic rings. The van der Waals surface area contributed by atoms with E-state index in [0.717, 1.165) is 30.5 Å². The van der Waals surface area contributed by atoms with Crippen molar-refractivity contribution in [2.24, 2.45) is 0 Å². The number of amides is 3. The van der Waals surface area contributed by atoms with E-state index in [1.165, 1.54) is 0 Å². The molecule has 0 unspecified atom stereocenters. The summed E-state index contributed by atoms with van der Waals surface area (Å²) in [4.78, 5) is 26.5. The number of hydrogen-bond donors (Lipinski definition) is 2.